The Labute approximate surface area is 250 Å². The number of rotatable bonds is 2. The number of anilines is 5. The summed E-state index contributed by atoms with van der Waals surface area (Å²) in [6.07, 6.45) is 0. The number of fused-ring (bicyclic) bond motifs is 6. The molecule has 0 spiro atoms. The number of nitrogens with zero attached hydrogens (tertiary/aromatic N) is 2. The molecule has 43 heavy (non-hydrogen) atoms. The van der Waals surface area contributed by atoms with Gasteiger partial charge in [-0.15, -0.1) is 0 Å². The average Bonchev–Trinajstić information content (AvgIpc) is 3.05. The molecule has 3 aliphatic rings. The van der Waals surface area contributed by atoms with Crippen molar-refractivity contribution in [2.24, 2.45) is 0 Å². The van der Waals surface area contributed by atoms with Gasteiger partial charge in [0.2, 0.25) is 0 Å². The Kier molecular flexibility index (Phi) is 4.94. The van der Waals surface area contributed by atoms with Crippen molar-refractivity contribution in [3.8, 4) is 39.8 Å². The van der Waals surface area contributed by atoms with Crippen LogP contribution in [0.3, 0.4) is 0 Å². The van der Waals surface area contributed by atoms with E-state index < -0.39 is 0 Å². The molecule has 4 nitrogen and oxygen atoms in total. The van der Waals surface area contributed by atoms with Gasteiger partial charge in [-0.25, -0.2) is 0 Å². The predicted molar refractivity (Wildman–Crippen MR) is 176 cm³/mol. The molecule has 200 valence electrons. The fraction of sp³-hybridized carbons (Fsp3) is 0.0263. The van der Waals surface area contributed by atoms with Crippen LogP contribution in [0.25, 0.3) is 22.3 Å². The summed E-state index contributed by atoms with van der Waals surface area (Å²) in [6, 6.07) is 44.6. The molecule has 0 radical (unpaired) electrons. The molecule has 0 atom stereocenters. The monoisotopic (exact) mass is 549 g/mol. The second-order valence-corrected chi connectivity index (χ2v) is 11.4. The van der Waals surface area contributed by atoms with Crippen LogP contribution in [0.2, 0.25) is 0 Å². The quantitative estimate of drug-likeness (QED) is 0.225. The number of hydrogen-bond donors (Lipinski definition) is 1. The number of ether oxygens (including phenoxy) is 1. The maximum Gasteiger partial charge on any atom is 0.252 e. The summed E-state index contributed by atoms with van der Waals surface area (Å²) in [7, 11) is 0. The Morgan fingerprint density at radius 1 is 0.698 bits per heavy atom. The van der Waals surface area contributed by atoms with E-state index in [1.54, 1.807) is 0 Å². The van der Waals surface area contributed by atoms with Crippen LogP contribution in [0.1, 0.15) is 11.1 Å². The predicted octanol–water partition coefficient (Wildman–Crippen LogP) is 7.66. The summed E-state index contributed by atoms with van der Waals surface area (Å²) in [6.45, 7) is 2.20. The van der Waals surface area contributed by atoms with Gasteiger partial charge in [0.15, 0.2) is 11.5 Å². The molecule has 0 amide bonds. The van der Waals surface area contributed by atoms with E-state index in [1.165, 1.54) is 33.1 Å². The molecule has 0 saturated heterocycles. The van der Waals surface area contributed by atoms with Crippen molar-refractivity contribution in [1.82, 2.24) is 0 Å². The molecule has 3 aliphatic heterocycles. The Bertz CT molecular complexity index is 2180. The van der Waals surface area contributed by atoms with Gasteiger partial charge < -0.3 is 15.0 Å². The van der Waals surface area contributed by atoms with Crippen molar-refractivity contribution in [3.63, 3.8) is 0 Å². The van der Waals surface area contributed by atoms with Crippen LogP contribution < -0.4 is 31.3 Å². The highest BCUT2D eigenvalue weighted by Crippen LogP contribution is 2.52. The van der Waals surface area contributed by atoms with Crippen LogP contribution in [-0.2, 0) is 0 Å². The molecule has 0 saturated carbocycles. The standard InChI is InChI=1S/C38H24BN3O/c1-23-8-2-3-9-27(23)28-10-6-11-29-37(28)41-31-20-26(25-18-16-24(22-40)17-19-25)21-33-36(31)39(29)30-12-7-15-35-38(30)42(33)32-13-4-5-14-34(32)43-35/h2-21,41H,1H3. The lowest BCUT2D eigenvalue weighted by Gasteiger charge is -2.44. The SMILES string of the molecule is Cc1ccccc1-c1cccc2c1Nc1cc(-c3ccc(C#N)cc3)cc3c1B2c1cccc2c1N3c1ccccc1O2. The van der Waals surface area contributed by atoms with Crippen LogP contribution in [0.5, 0.6) is 11.5 Å². The molecular formula is C38H24BN3O. The molecule has 6 aromatic rings. The highest BCUT2D eigenvalue weighted by molar-refractivity contribution is 7.00. The summed E-state index contributed by atoms with van der Waals surface area (Å²) in [5.74, 6) is 1.71. The molecular weight excluding hydrogens is 525 g/mol. The summed E-state index contributed by atoms with van der Waals surface area (Å²) in [4.78, 5) is 2.38. The zero-order valence-corrected chi connectivity index (χ0v) is 23.4. The van der Waals surface area contributed by atoms with E-state index in [9.17, 15) is 5.26 Å². The van der Waals surface area contributed by atoms with Crippen LogP contribution in [0.15, 0.2) is 121 Å². The Morgan fingerprint density at radius 3 is 2.30 bits per heavy atom. The van der Waals surface area contributed by atoms with E-state index >= 15 is 0 Å². The average molecular weight is 549 g/mol. The first-order valence-corrected chi connectivity index (χ1v) is 14.5. The Balaban J connectivity index is 1.36. The number of benzene rings is 6. The van der Waals surface area contributed by atoms with Crippen molar-refractivity contribution >= 4 is 51.5 Å². The number of nitriles is 1. The normalized spacial score (nSPS) is 13.0. The third-order valence-corrected chi connectivity index (χ3v) is 9.03. The highest BCUT2D eigenvalue weighted by Gasteiger charge is 2.44. The van der Waals surface area contributed by atoms with Gasteiger partial charge in [0.05, 0.1) is 23.0 Å². The smallest absolute Gasteiger partial charge is 0.252 e. The Morgan fingerprint density at radius 2 is 1.44 bits per heavy atom. The van der Waals surface area contributed by atoms with E-state index in [2.05, 4.69) is 108 Å². The molecule has 0 fully saturated rings. The fourth-order valence-electron chi connectivity index (χ4n) is 7.11. The number of aryl methyl sites for hydroxylation is 1. The molecule has 1 N–H and O–H groups in total. The van der Waals surface area contributed by atoms with Gasteiger partial charge in [-0.1, -0.05) is 78.9 Å². The van der Waals surface area contributed by atoms with Crippen molar-refractivity contribution < 1.29 is 4.74 Å². The zero-order chi connectivity index (χ0) is 28.7. The first-order chi connectivity index (χ1) is 21.2. The molecule has 0 unspecified atom stereocenters. The van der Waals surface area contributed by atoms with Crippen molar-refractivity contribution in [2.75, 3.05) is 10.2 Å². The summed E-state index contributed by atoms with van der Waals surface area (Å²) in [5, 5.41) is 13.3. The van der Waals surface area contributed by atoms with Crippen molar-refractivity contribution in [1.29, 1.82) is 5.26 Å². The second-order valence-electron chi connectivity index (χ2n) is 11.4. The van der Waals surface area contributed by atoms with Gasteiger partial charge in [0.25, 0.3) is 6.71 Å². The van der Waals surface area contributed by atoms with Crippen molar-refractivity contribution in [2.45, 2.75) is 6.92 Å². The van der Waals surface area contributed by atoms with E-state index in [0.29, 0.717) is 5.56 Å². The van der Waals surface area contributed by atoms with Crippen LogP contribution in [0.4, 0.5) is 28.4 Å². The summed E-state index contributed by atoms with van der Waals surface area (Å²) < 4.78 is 6.53. The van der Waals surface area contributed by atoms with Crippen LogP contribution in [-0.4, -0.2) is 6.71 Å². The minimum absolute atomic E-state index is 0.0281. The molecule has 9 rings (SSSR count). The molecule has 3 heterocycles. The van der Waals surface area contributed by atoms with Gasteiger partial charge in [-0.3, -0.25) is 0 Å². The molecule has 6 aromatic carbocycles. The molecule has 5 heteroatoms. The van der Waals surface area contributed by atoms with E-state index in [0.717, 1.165) is 51.1 Å². The summed E-state index contributed by atoms with van der Waals surface area (Å²) >= 11 is 0. The topological polar surface area (TPSA) is 48.3 Å². The zero-order valence-electron chi connectivity index (χ0n) is 23.4. The lowest BCUT2D eigenvalue weighted by atomic mass is 9.33. The second kappa shape index (κ2) is 8.89. The molecule has 0 aliphatic carbocycles. The van der Waals surface area contributed by atoms with Gasteiger partial charge in [0.1, 0.15) is 0 Å². The third-order valence-electron chi connectivity index (χ3n) is 9.03. The van der Waals surface area contributed by atoms with Crippen LogP contribution in [0, 0.1) is 18.3 Å². The maximum atomic E-state index is 9.42. The van der Waals surface area contributed by atoms with Gasteiger partial charge in [-0.05, 0) is 88.0 Å². The maximum absolute atomic E-state index is 9.42. The van der Waals surface area contributed by atoms with Gasteiger partial charge in [0, 0.05) is 22.6 Å². The largest absolute Gasteiger partial charge is 0.453 e. The van der Waals surface area contributed by atoms with E-state index in [1.807, 2.05) is 36.4 Å². The van der Waals surface area contributed by atoms with Crippen molar-refractivity contribution in [3.05, 3.63) is 132 Å². The number of para-hydroxylation sites is 4. The number of hydrogen-bond acceptors (Lipinski definition) is 4. The van der Waals surface area contributed by atoms with E-state index in [-0.39, 0.29) is 6.71 Å². The first kappa shape index (κ1) is 23.9. The minimum Gasteiger partial charge on any atom is -0.453 e. The van der Waals surface area contributed by atoms with E-state index in [4.69, 9.17) is 4.74 Å². The number of nitrogens with one attached hydrogen (secondary N) is 1. The first-order valence-electron chi connectivity index (χ1n) is 14.5. The lowest BCUT2D eigenvalue weighted by molar-refractivity contribution is 0.477. The highest BCUT2D eigenvalue weighted by atomic mass is 16.5. The summed E-state index contributed by atoms with van der Waals surface area (Å²) in [5.41, 5.74) is 15.7. The lowest BCUT2D eigenvalue weighted by Crippen LogP contribution is -2.60. The fourth-order valence-corrected chi connectivity index (χ4v) is 7.11. The third kappa shape index (κ3) is 3.38. The Hall–Kier alpha value is -5.73. The molecule has 0 bridgehead atoms. The molecule has 0 aromatic heterocycles. The van der Waals surface area contributed by atoms with Crippen LogP contribution >= 0.6 is 0 Å². The van der Waals surface area contributed by atoms with Gasteiger partial charge >= 0.3 is 0 Å². The van der Waals surface area contributed by atoms with Gasteiger partial charge in [-0.2, -0.15) is 5.26 Å². The minimum atomic E-state index is 0.0281.